The Morgan fingerprint density at radius 2 is 1.78 bits per heavy atom. The van der Waals surface area contributed by atoms with Crippen LogP contribution in [0.5, 0.6) is 0 Å². The maximum atomic E-state index is 12.2. The summed E-state index contributed by atoms with van der Waals surface area (Å²) in [6.07, 6.45) is 2.91. The summed E-state index contributed by atoms with van der Waals surface area (Å²) in [7, 11) is 0. The Morgan fingerprint density at radius 1 is 1.22 bits per heavy atom. The number of carbonyl (C=O) groups is 2. The molecule has 1 aliphatic carbocycles. The van der Waals surface area contributed by atoms with E-state index in [-0.39, 0.29) is 5.78 Å². The minimum atomic E-state index is -0.801. The maximum absolute atomic E-state index is 12.2. The molecule has 1 atom stereocenters. The molecule has 104 valence electrons. The van der Waals surface area contributed by atoms with Crippen LogP contribution in [0.3, 0.4) is 0 Å². The first-order chi connectivity index (χ1) is 8.16. The molecule has 4 heteroatoms. The van der Waals surface area contributed by atoms with Crippen LogP contribution in [-0.4, -0.2) is 23.0 Å². The molecule has 0 bridgehead atoms. The van der Waals surface area contributed by atoms with E-state index in [2.05, 4.69) is 5.32 Å². The van der Waals surface area contributed by atoms with Gasteiger partial charge in [-0.05, 0) is 52.9 Å². The van der Waals surface area contributed by atoms with Gasteiger partial charge in [0.15, 0.2) is 5.78 Å². The fourth-order valence-corrected chi connectivity index (χ4v) is 1.69. The quantitative estimate of drug-likeness (QED) is 0.821. The first-order valence-corrected chi connectivity index (χ1v) is 6.71. The van der Waals surface area contributed by atoms with Gasteiger partial charge in [-0.1, -0.05) is 6.92 Å². The first kappa shape index (κ1) is 15.0. The third-order valence-electron chi connectivity index (χ3n) is 3.27. The van der Waals surface area contributed by atoms with Crippen LogP contribution in [-0.2, 0) is 9.53 Å². The van der Waals surface area contributed by atoms with E-state index in [9.17, 15) is 9.59 Å². The number of Topliss-reactive ketones (excluding diaryl/α,β-unsaturated/α-hetero) is 1. The number of nitrogens with one attached hydrogen (secondary N) is 1. The molecule has 1 fully saturated rings. The van der Waals surface area contributed by atoms with Crippen LogP contribution in [0.4, 0.5) is 4.79 Å². The fraction of sp³-hybridized carbons (Fsp3) is 0.857. The van der Waals surface area contributed by atoms with E-state index in [1.54, 1.807) is 6.92 Å². The van der Waals surface area contributed by atoms with Gasteiger partial charge in [0.05, 0.1) is 5.54 Å². The maximum Gasteiger partial charge on any atom is 0.408 e. The SMILES string of the molecule is CCC(C)(NC(=O)OC(C)(C)C)C(=O)CC1CC1. The van der Waals surface area contributed by atoms with Gasteiger partial charge >= 0.3 is 6.09 Å². The smallest absolute Gasteiger partial charge is 0.408 e. The van der Waals surface area contributed by atoms with Crippen molar-refractivity contribution in [2.75, 3.05) is 0 Å². The standard InChI is InChI=1S/C14H25NO3/c1-6-14(5,11(16)9-10-7-8-10)15-12(17)18-13(2,3)4/h10H,6-9H2,1-5H3,(H,15,17). The predicted octanol–water partition coefficient (Wildman–Crippen LogP) is 3.05. The van der Waals surface area contributed by atoms with E-state index in [4.69, 9.17) is 4.74 Å². The van der Waals surface area contributed by atoms with Gasteiger partial charge in [0.1, 0.15) is 5.60 Å². The molecule has 0 aromatic rings. The Labute approximate surface area is 109 Å². The Hall–Kier alpha value is -1.06. The number of rotatable bonds is 5. The second-order valence-corrected chi connectivity index (χ2v) is 6.38. The molecule has 1 N–H and O–H groups in total. The first-order valence-electron chi connectivity index (χ1n) is 6.71. The Kier molecular flexibility index (Phi) is 4.41. The van der Waals surface area contributed by atoms with Gasteiger partial charge in [0.25, 0.3) is 0 Å². The van der Waals surface area contributed by atoms with Gasteiger partial charge in [-0.15, -0.1) is 0 Å². The van der Waals surface area contributed by atoms with Gasteiger partial charge in [-0.2, -0.15) is 0 Å². The lowest BCUT2D eigenvalue weighted by Gasteiger charge is -2.30. The molecule has 18 heavy (non-hydrogen) atoms. The second kappa shape index (κ2) is 5.29. The zero-order valence-corrected chi connectivity index (χ0v) is 12.1. The van der Waals surface area contributed by atoms with Gasteiger partial charge < -0.3 is 10.1 Å². The Balaban J connectivity index is 2.57. The van der Waals surface area contributed by atoms with Crippen LogP contribution in [0.15, 0.2) is 0 Å². The van der Waals surface area contributed by atoms with E-state index in [0.29, 0.717) is 18.8 Å². The third-order valence-corrected chi connectivity index (χ3v) is 3.27. The number of hydrogen-bond acceptors (Lipinski definition) is 3. The molecule has 0 aliphatic heterocycles. The highest BCUT2D eigenvalue weighted by molar-refractivity contribution is 5.91. The number of ether oxygens (including phenoxy) is 1. The zero-order valence-electron chi connectivity index (χ0n) is 12.1. The average molecular weight is 255 g/mol. The van der Waals surface area contributed by atoms with E-state index in [0.717, 1.165) is 12.8 Å². The molecule has 1 saturated carbocycles. The minimum absolute atomic E-state index is 0.110. The summed E-state index contributed by atoms with van der Waals surface area (Å²) < 4.78 is 5.20. The van der Waals surface area contributed by atoms with Crippen LogP contribution >= 0.6 is 0 Å². The summed E-state index contributed by atoms with van der Waals surface area (Å²) >= 11 is 0. The molecule has 1 unspecified atom stereocenters. The third kappa shape index (κ3) is 4.67. The van der Waals surface area contributed by atoms with Gasteiger partial charge in [-0.3, -0.25) is 4.79 Å². The summed E-state index contributed by atoms with van der Waals surface area (Å²) in [6.45, 7) is 9.11. The number of alkyl carbamates (subject to hydrolysis) is 1. The monoisotopic (exact) mass is 255 g/mol. The second-order valence-electron chi connectivity index (χ2n) is 6.38. The lowest BCUT2D eigenvalue weighted by Crippen LogP contribution is -2.53. The lowest BCUT2D eigenvalue weighted by atomic mass is 9.90. The minimum Gasteiger partial charge on any atom is -0.444 e. The molecular weight excluding hydrogens is 230 g/mol. The summed E-state index contributed by atoms with van der Waals surface area (Å²) in [6, 6.07) is 0. The molecule has 1 amide bonds. The van der Waals surface area contributed by atoms with E-state index in [1.165, 1.54) is 0 Å². The number of carbonyl (C=O) groups excluding carboxylic acids is 2. The van der Waals surface area contributed by atoms with Crippen LogP contribution in [0.25, 0.3) is 0 Å². The fourth-order valence-electron chi connectivity index (χ4n) is 1.69. The molecule has 0 aromatic heterocycles. The van der Waals surface area contributed by atoms with E-state index in [1.807, 2.05) is 27.7 Å². The molecular formula is C14H25NO3. The predicted molar refractivity (Wildman–Crippen MR) is 70.4 cm³/mol. The molecule has 4 nitrogen and oxygen atoms in total. The van der Waals surface area contributed by atoms with Gasteiger partial charge in [0.2, 0.25) is 0 Å². The van der Waals surface area contributed by atoms with Crippen molar-refractivity contribution >= 4 is 11.9 Å². The van der Waals surface area contributed by atoms with Crippen molar-refractivity contribution in [1.29, 1.82) is 0 Å². The van der Waals surface area contributed by atoms with Crippen molar-refractivity contribution in [2.24, 2.45) is 5.92 Å². The summed E-state index contributed by atoms with van der Waals surface area (Å²) in [5.41, 5.74) is -1.34. The highest BCUT2D eigenvalue weighted by Crippen LogP contribution is 2.34. The molecule has 0 aromatic carbocycles. The molecule has 0 saturated heterocycles. The molecule has 0 radical (unpaired) electrons. The zero-order chi connectivity index (χ0) is 14.0. The van der Waals surface area contributed by atoms with Crippen molar-refractivity contribution in [3.05, 3.63) is 0 Å². The van der Waals surface area contributed by atoms with Crippen molar-refractivity contribution in [1.82, 2.24) is 5.32 Å². The number of ketones is 1. The van der Waals surface area contributed by atoms with Crippen molar-refractivity contribution in [2.45, 2.75) is 71.4 Å². The van der Waals surface area contributed by atoms with E-state index >= 15 is 0 Å². The highest BCUT2D eigenvalue weighted by Gasteiger charge is 2.37. The van der Waals surface area contributed by atoms with Gasteiger partial charge in [0, 0.05) is 6.42 Å². The van der Waals surface area contributed by atoms with Gasteiger partial charge in [-0.25, -0.2) is 4.79 Å². The summed E-state index contributed by atoms with van der Waals surface area (Å²) in [5.74, 6) is 0.641. The Bertz CT molecular complexity index is 328. The van der Waals surface area contributed by atoms with Crippen molar-refractivity contribution < 1.29 is 14.3 Å². The van der Waals surface area contributed by atoms with Crippen LogP contribution < -0.4 is 5.32 Å². The number of hydrogen-bond donors (Lipinski definition) is 1. The number of amides is 1. The van der Waals surface area contributed by atoms with E-state index < -0.39 is 17.2 Å². The summed E-state index contributed by atoms with van der Waals surface area (Å²) in [5, 5.41) is 2.72. The average Bonchev–Trinajstić information content (AvgIpc) is 2.98. The highest BCUT2D eigenvalue weighted by atomic mass is 16.6. The van der Waals surface area contributed by atoms with Crippen LogP contribution in [0.2, 0.25) is 0 Å². The summed E-state index contributed by atoms with van der Waals surface area (Å²) in [4.78, 5) is 23.9. The Morgan fingerprint density at radius 3 is 2.17 bits per heavy atom. The van der Waals surface area contributed by atoms with Crippen molar-refractivity contribution in [3.8, 4) is 0 Å². The molecule has 0 spiro atoms. The normalized spacial score (nSPS) is 18.9. The molecule has 0 heterocycles. The molecule has 1 rings (SSSR count). The van der Waals surface area contributed by atoms with Crippen LogP contribution in [0, 0.1) is 5.92 Å². The van der Waals surface area contributed by atoms with Crippen LogP contribution in [0.1, 0.15) is 60.3 Å². The lowest BCUT2D eigenvalue weighted by molar-refractivity contribution is -0.125. The topological polar surface area (TPSA) is 55.4 Å². The molecule has 1 aliphatic rings. The largest absolute Gasteiger partial charge is 0.444 e. The van der Waals surface area contributed by atoms with Crippen molar-refractivity contribution in [3.63, 3.8) is 0 Å².